The first kappa shape index (κ1) is 6.56. The van der Waals surface area contributed by atoms with E-state index in [-0.39, 0.29) is 0 Å². The van der Waals surface area contributed by atoms with Gasteiger partial charge in [0.2, 0.25) is 0 Å². The van der Waals surface area contributed by atoms with E-state index in [4.69, 9.17) is 5.02 Å². The molecule has 1 N–H and O–H groups in total. The minimum Gasteiger partial charge on any atom is -0.543 e. The first-order valence-corrected chi connectivity index (χ1v) is 2.02. The highest BCUT2D eigenvalue weighted by molar-refractivity contribution is 6.16. The molecule has 3 heteroatoms. The summed E-state index contributed by atoms with van der Waals surface area (Å²) < 4.78 is 4.36. The molecule has 39 valence electrons. The first-order valence-electron chi connectivity index (χ1n) is 2.02. The Hall–Kier alpha value is -0.435. The lowest BCUT2D eigenvalue weighted by Crippen LogP contribution is -1.87. The van der Waals surface area contributed by atoms with Crippen molar-refractivity contribution in [1.82, 2.24) is 0 Å². The Labute approximate surface area is 44.1 Å². The van der Waals surface area contributed by atoms with Crippen molar-refractivity contribution in [2.24, 2.45) is 0 Å². The summed E-state index contributed by atoms with van der Waals surface area (Å²) in [4.78, 5) is 0. The van der Waals surface area contributed by atoms with Gasteiger partial charge in [0.15, 0.2) is 0 Å². The van der Waals surface area contributed by atoms with Gasteiger partial charge in [-0.05, 0) is 19.4 Å². The van der Waals surface area contributed by atoms with Gasteiger partial charge in [-0.2, -0.15) is 0 Å². The van der Waals surface area contributed by atoms with Crippen LogP contribution in [-0.2, 0) is 4.65 Å². The largest absolute Gasteiger partial charge is 0.569 e. The van der Waals surface area contributed by atoms with Crippen LogP contribution in [0.4, 0.5) is 0 Å². The van der Waals surface area contributed by atoms with Gasteiger partial charge in [-0.25, -0.2) is 0 Å². The molecular weight excluding hydrogens is 90.9 g/mol. The molecule has 0 aliphatic carbocycles. The van der Waals surface area contributed by atoms with Gasteiger partial charge in [0.25, 0.3) is 0 Å². The summed E-state index contributed by atoms with van der Waals surface area (Å²) in [6.45, 7) is 3.76. The number of allylic oxidation sites excluding steroid dienone is 1. The topological polar surface area (TPSA) is 29.5 Å². The first-order chi connectivity index (χ1) is 3.27. The van der Waals surface area contributed by atoms with E-state index in [2.05, 4.69) is 4.65 Å². The predicted molar refractivity (Wildman–Crippen MR) is 28.5 cm³/mol. The van der Waals surface area contributed by atoms with Gasteiger partial charge in [-0.15, -0.1) is 0 Å². The molecular formula is C4H8BO2. The highest BCUT2D eigenvalue weighted by Gasteiger charge is 1.78. The zero-order chi connectivity index (χ0) is 5.70. The number of hydrogen-bond donors (Lipinski definition) is 1. The number of rotatable bonds is 2. The molecule has 0 aliphatic rings. The quantitative estimate of drug-likeness (QED) is 0.402. The Bertz CT molecular complexity index is 66.1. The normalized spacial score (nSPS) is 7.29. The molecule has 7 heavy (non-hydrogen) atoms. The van der Waals surface area contributed by atoms with E-state index < -0.39 is 0 Å². The van der Waals surface area contributed by atoms with Crippen LogP contribution in [-0.4, -0.2) is 12.7 Å². The van der Waals surface area contributed by atoms with E-state index in [1.807, 2.05) is 13.8 Å². The predicted octanol–water partition coefficient (Wildman–Crippen LogP) is 0.453. The summed E-state index contributed by atoms with van der Waals surface area (Å²) in [5, 5.41) is 7.92. The molecule has 0 heterocycles. The SMILES string of the molecule is CC(C)=CO[B]O. The molecule has 0 aliphatic heterocycles. The van der Waals surface area contributed by atoms with Crippen LogP contribution in [0.15, 0.2) is 11.8 Å². The van der Waals surface area contributed by atoms with Crippen LogP contribution in [0.3, 0.4) is 0 Å². The minimum absolute atomic E-state index is 0.646. The number of hydrogen-bond acceptors (Lipinski definition) is 2. The molecule has 0 atom stereocenters. The van der Waals surface area contributed by atoms with E-state index >= 15 is 0 Å². The van der Waals surface area contributed by atoms with Crippen LogP contribution >= 0.6 is 0 Å². The average molecular weight is 98.9 g/mol. The van der Waals surface area contributed by atoms with E-state index in [1.165, 1.54) is 6.26 Å². The summed E-state index contributed by atoms with van der Waals surface area (Å²) in [6, 6.07) is 0. The van der Waals surface area contributed by atoms with Gasteiger partial charge in [-0.1, -0.05) is 0 Å². The monoisotopic (exact) mass is 99.1 g/mol. The summed E-state index contributed by atoms with van der Waals surface area (Å²) in [7, 11) is 0.646. The zero-order valence-corrected chi connectivity index (χ0v) is 4.51. The summed E-state index contributed by atoms with van der Waals surface area (Å²) >= 11 is 0. The van der Waals surface area contributed by atoms with Crippen molar-refractivity contribution < 1.29 is 9.68 Å². The van der Waals surface area contributed by atoms with Crippen LogP contribution in [0.25, 0.3) is 0 Å². The van der Waals surface area contributed by atoms with Crippen molar-refractivity contribution in [3.05, 3.63) is 11.8 Å². The van der Waals surface area contributed by atoms with Crippen molar-refractivity contribution >= 4 is 7.69 Å². The Balaban J connectivity index is 3.08. The fourth-order valence-electron chi connectivity index (χ4n) is 0.167. The molecule has 0 saturated heterocycles. The molecule has 1 radical (unpaired) electrons. The van der Waals surface area contributed by atoms with Crippen LogP contribution in [0.5, 0.6) is 0 Å². The Morgan fingerprint density at radius 2 is 2.29 bits per heavy atom. The molecule has 0 bridgehead atoms. The third-order valence-electron chi connectivity index (χ3n) is 0.365. The Morgan fingerprint density at radius 3 is 2.43 bits per heavy atom. The third kappa shape index (κ3) is 5.56. The Morgan fingerprint density at radius 1 is 1.71 bits per heavy atom. The molecule has 0 spiro atoms. The standard InChI is InChI=1S/C4H8BO2/c1-4(2)3-7-5-6/h3,6H,1-2H3. The smallest absolute Gasteiger partial charge is 0.543 e. The molecule has 0 aromatic heterocycles. The van der Waals surface area contributed by atoms with Crippen molar-refractivity contribution in [3.8, 4) is 0 Å². The van der Waals surface area contributed by atoms with Gasteiger partial charge in [-0.3, -0.25) is 0 Å². The van der Waals surface area contributed by atoms with Gasteiger partial charge >= 0.3 is 7.69 Å². The van der Waals surface area contributed by atoms with Crippen LogP contribution < -0.4 is 0 Å². The van der Waals surface area contributed by atoms with Crippen molar-refractivity contribution in [1.29, 1.82) is 0 Å². The van der Waals surface area contributed by atoms with E-state index in [9.17, 15) is 0 Å². The lowest BCUT2D eigenvalue weighted by Gasteiger charge is -1.88. The molecule has 0 rings (SSSR count). The summed E-state index contributed by atoms with van der Waals surface area (Å²) in [5.74, 6) is 0. The summed E-state index contributed by atoms with van der Waals surface area (Å²) in [6.07, 6.45) is 1.46. The van der Waals surface area contributed by atoms with Gasteiger partial charge in [0.05, 0.1) is 6.26 Å². The fourth-order valence-corrected chi connectivity index (χ4v) is 0.167. The molecule has 0 amide bonds. The molecule has 0 aromatic carbocycles. The van der Waals surface area contributed by atoms with Crippen molar-refractivity contribution in [3.63, 3.8) is 0 Å². The van der Waals surface area contributed by atoms with Crippen LogP contribution in [0, 0.1) is 0 Å². The van der Waals surface area contributed by atoms with Crippen LogP contribution in [0.2, 0.25) is 0 Å². The minimum atomic E-state index is 0.646. The molecule has 0 unspecified atom stereocenters. The second-order valence-corrected chi connectivity index (χ2v) is 1.44. The maximum atomic E-state index is 7.92. The lowest BCUT2D eigenvalue weighted by atomic mass is 10.4. The highest BCUT2D eigenvalue weighted by Crippen LogP contribution is 1.85. The van der Waals surface area contributed by atoms with Crippen LogP contribution in [0.1, 0.15) is 13.8 Å². The van der Waals surface area contributed by atoms with E-state index in [0.29, 0.717) is 7.69 Å². The summed E-state index contributed by atoms with van der Waals surface area (Å²) in [5.41, 5.74) is 1.02. The maximum Gasteiger partial charge on any atom is 0.569 e. The second kappa shape index (κ2) is 3.74. The third-order valence-corrected chi connectivity index (χ3v) is 0.365. The highest BCUT2D eigenvalue weighted by atomic mass is 16.5. The van der Waals surface area contributed by atoms with Crippen molar-refractivity contribution in [2.45, 2.75) is 13.8 Å². The lowest BCUT2D eigenvalue weighted by molar-refractivity contribution is 0.403. The maximum absolute atomic E-state index is 7.92. The van der Waals surface area contributed by atoms with Gasteiger partial charge in [0.1, 0.15) is 0 Å². The van der Waals surface area contributed by atoms with E-state index in [1.54, 1.807) is 0 Å². The van der Waals surface area contributed by atoms with Gasteiger partial charge in [0, 0.05) is 0 Å². The second-order valence-electron chi connectivity index (χ2n) is 1.44. The average Bonchev–Trinajstić information content (AvgIpc) is 1.61. The fraction of sp³-hybridized carbons (Fsp3) is 0.500. The molecule has 0 saturated carbocycles. The Kier molecular flexibility index (Phi) is 3.51. The molecule has 0 fully saturated rings. The zero-order valence-electron chi connectivity index (χ0n) is 4.51. The van der Waals surface area contributed by atoms with E-state index in [0.717, 1.165) is 5.57 Å². The van der Waals surface area contributed by atoms with Gasteiger partial charge < -0.3 is 9.68 Å². The molecule has 2 nitrogen and oxygen atoms in total. The van der Waals surface area contributed by atoms with Crippen molar-refractivity contribution in [2.75, 3.05) is 0 Å². The molecule has 0 aromatic rings.